The summed E-state index contributed by atoms with van der Waals surface area (Å²) in [5, 5.41) is 0. The van der Waals surface area contributed by atoms with Crippen LogP contribution in [0.1, 0.15) is 18.9 Å². The largest absolute Gasteiger partial charge is 0.496 e. The molecule has 0 atom stereocenters. The number of esters is 1. The van der Waals surface area contributed by atoms with E-state index in [4.69, 9.17) is 9.47 Å². The summed E-state index contributed by atoms with van der Waals surface area (Å²) in [5.74, 6) is -0.0537. The maximum Gasteiger partial charge on any atom is 0.315 e. The zero-order chi connectivity index (χ0) is 14.3. The number of carbonyl (C=O) groups is 2. The van der Waals surface area contributed by atoms with Crippen LogP contribution in [0, 0.1) is 0 Å². The number of methoxy groups -OCH3 is 1. The van der Waals surface area contributed by atoms with Crippen LogP contribution < -0.4 is 4.74 Å². The lowest BCUT2D eigenvalue weighted by Crippen LogP contribution is -2.28. The molecule has 0 unspecified atom stereocenters. The number of amides is 1. The number of nitrogens with zero attached hydrogens (tertiary/aromatic N) is 1. The summed E-state index contributed by atoms with van der Waals surface area (Å²) in [6, 6.07) is 7.45. The quantitative estimate of drug-likeness (QED) is 0.579. The zero-order valence-corrected chi connectivity index (χ0v) is 11.5. The Hall–Kier alpha value is -2.04. The molecule has 0 aliphatic heterocycles. The summed E-state index contributed by atoms with van der Waals surface area (Å²) in [7, 11) is 3.23. The molecule has 0 aliphatic carbocycles. The topological polar surface area (TPSA) is 55.8 Å². The molecular formula is C14H19NO4. The lowest BCUT2D eigenvalue weighted by atomic mass is 10.2. The van der Waals surface area contributed by atoms with Gasteiger partial charge in [0.15, 0.2) is 0 Å². The normalized spacial score (nSPS) is 9.84. The first kappa shape index (κ1) is 15.0. The summed E-state index contributed by atoms with van der Waals surface area (Å²) >= 11 is 0. The minimum atomic E-state index is -0.501. The summed E-state index contributed by atoms with van der Waals surface area (Å²) in [6.45, 7) is 2.38. The molecule has 0 aliphatic rings. The molecule has 5 nitrogen and oxygen atoms in total. The highest BCUT2D eigenvalue weighted by atomic mass is 16.5. The Labute approximate surface area is 113 Å². The van der Waals surface area contributed by atoms with Crippen molar-refractivity contribution in [2.45, 2.75) is 19.9 Å². The molecule has 0 saturated carbocycles. The van der Waals surface area contributed by atoms with Gasteiger partial charge in [-0.25, -0.2) is 0 Å². The maximum absolute atomic E-state index is 11.8. The van der Waals surface area contributed by atoms with E-state index in [2.05, 4.69) is 0 Å². The predicted molar refractivity (Wildman–Crippen MR) is 70.7 cm³/mol. The van der Waals surface area contributed by atoms with Crippen molar-refractivity contribution in [2.75, 3.05) is 20.8 Å². The molecule has 1 rings (SSSR count). The Kier molecular flexibility index (Phi) is 5.85. The molecule has 0 aromatic heterocycles. The van der Waals surface area contributed by atoms with Gasteiger partial charge in [0.2, 0.25) is 5.91 Å². The Morgan fingerprint density at radius 1 is 1.26 bits per heavy atom. The van der Waals surface area contributed by atoms with E-state index in [-0.39, 0.29) is 18.9 Å². The Morgan fingerprint density at radius 2 is 1.95 bits per heavy atom. The Balaban J connectivity index is 2.61. The van der Waals surface area contributed by atoms with Gasteiger partial charge in [0, 0.05) is 19.2 Å². The van der Waals surface area contributed by atoms with E-state index >= 15 is 0 Å². The number of carbonyl (C=O) groups excluding carboxylic acids is 2. The van der Waals surface area contributed by atoms with E-state index in [9.17, 15) is 9.59 Å². The molecule has 0 saturated heterocycles. The van der Waals surface area contributed by atoms with Crippen molar-refractivity contribution in [1.29, 1.82) is 0 Å². The van der Waals surface area contributed by atoms with Crippen molar-refractivity contribution in [3.8, 4) is 5.75 Å². The van der Waals surface area contributed by atoms with Crippen LogP contribution in [0.2, 0.25) is 0 Å². The lowest BCUT2D eigenvalue weighted by Gasteiger charge is -2.18. The second-order valence-electron chi connectivity index (χ2n) is 4.04. The summed E-state index contributed by atoms with van der Waals surface area (Å²) in [4.78, 5) is 24.5. The SMILES string of the molecule is CCOC(=O)CC(=O)N(C)Cc1ccccc1OC. The summed E-state index contributed by atoms with van der Waals surface area (Å²) in [5.41, 5.74) is 0.893. The smallest absolute Gasteiger partial charge is 0.315 e. The highest BCUT2D eigenvalue weighted by Crippen LogP contribution is 2.18. The van der Waals surface area contributed by atoms with E-state index in [1.165, 1.54) is 4.90 Å². The first-order chi connectivity index (χ1) is 9.08. The number of hydrogen-bond acceptors (Lipinski definition) is 4. The molecular weight excluding hydrogens is 246 g/mol. The minimum Gasteiger partial charge on any atom is -0.496 e. The molecule has 0 bridgehead atoms. The van der Waals surface area contributed by atoms with Gasteiger partial charge in [-0.15, -0.1) is 0 Å². The Morgan fingerprint density at radius 3 is 2.58 bits per heavy atom. The molecule has 104 valence electrons. The molecule has 1 aromatic carbocycles. The van der Waals surface area contributed by atoms with Crippen molar-refractivity contribution < 1.29 is 19.1 Å². The number of para-hydroxylation sites is 1. The van der Waals surface area contributed by atoms with Gasteiger partial charge >= 0.3 is 5.97 Å². The fourth-order valence-electron chi connectivity index (χ4n) is 1.65. The summed E-state index contributed by atoms with van der Waals surface area (Å²) in [6.07, 6.45) is -0.237. The molecule has 0 heterocycles. The molecule has 0 spiro atoms. The fourth-order valence-corrected chi connectivity index (χ4v) is 1.65. The van der Waals surface area contributed by atoms with Gasteiger partial charge in [-0.1, -0.05) is 18.2 Å². The molecule has 0 fully saturated rings. The zero-order valence-electron chi connectivity index (χ0n) is 11.5. The third-order valence-electron chi connectivity index (χ3n) is 2.63. The van der Waals surface area contributed by atoms with Gasteiger partial charge in [-0.2, -0.15) is 0 Å². The van der Waals surface area contributed by atoms with Crippen LogP contribution in [0.15, 0.2) is 24.3 Å². The van der Waals surface area contributed by atoms with Crippen LogP contribution in [0.25, 0.3) is 0 Å². The number of benzene rings is 1. The van der Waals surface area contributed by atoms with Crippen LogP contribution in [-0.2, 0) is 20.9 Å². The number of hydrogen-bond donors (Lipinski definition) is 0. The van der Waals surface area contributed by atoms with E-state index in [0.29, 0.717) is 6.54 Å². The summed E-state index contributed by atoms with van der Waals surface area (Å²) < 4.78 is 9.96. The standard InChI is InChI=1S/C14H19NO4/c1-4-19-14(17)9-13(16)15(2)10-11-7-5-6-8-12(11)18-3/h5-8H,4,9-10H2,1-3H3. The predicted octanol–water partition coefficient (Wildman–Crippen LogP) is 1.61. The van der Waals surface area contributed by atoms with Gasteiger partial charge in [-0.05, 0) is 13.0 Å². The van der Waals surface area contributed by atoms with Gasteiger partial charge < -0.3 is 14.4 Å². The molecule has 0 N–H and O–H groups in total. The van der Waals surface area contributed by atoms with Crippen LogP contribution in [0.3, 0.4) is 0 Å². The number of rotatable bonds is 6. The third kappa shape index (κ3) is 4.62. The van der Waals surface area contributed by atoms with Crippen molar-refractivity contribution in [2.24, 2.45) is 0 Å². The van der Waals surface area contributed by atoms with Crippen LogP contribution in [0.5, 0.6) is 5.75 Å². The van der Waals surface area contributed by atoms with Crippen LogP contribution in [0.4, 0.5) is 0 Å². The van der Waals surface area contributed by atoms with Gasteiger partial charge in [0.05, 0.1) is 13.7 Å². The monoisotopic (exact) mass is 265 g/mol. The lowest BCUT2D eigenvalue weighted by molar-refractivity contribution is -0.148. The number of ether oxygens (including phenoxy) is 2. The third-order valence-corrected chi connectivity index (χ3v) is 2.63. The first-order valence-electron chi connectivity index (χ1n) is 6.10. The van der Waals surface area contributed by atoms with Crippen molar-refractivity contribution in [3.63, 3.8) is 0 Å². The molecule has 5 heteroatoms. The van der Waals surface area contributed by atoms with Crippen molar-refractivity contribution in [1.82, 2.24) is 4.90 Å². The van der Waals surface area contributed by atoms with Crippen molar-refractivity contribution in [3.05, 3.63) is 29.8 Å². The van der Waals surface area contributed by atoms with Crippen LogP contribution in [-0.4, -0.2) is 37.5 Å². The first-order valence-corrected chi connectivity index (χ1v) is 6.10. The average Bonchev–Trinajstić information content (AvgIpc) is 2.39. The van der Waals surface area contributed by atoms with Gasteiger partial charge in [0.25, 0.3) is 0 Å². The van der Waals surface area contributed by atoms with Crippen LogP contribution >= 0.6 is 0 Å². The van der Waals surface area contributed by atoms with E-state index < -0.39 is 5.97 Å². The maximum atomic E-state index is 11.8. The second-order valence-corrected chi connectivity index (χ2v) is 4.04. The van der Waals surface area contributed by atoms with E-state index in [1.54, 1.807) is 21.1 Å². The molecule has 1 amide bonds. The highest BCUT2D eigenvalue weighted by Gasteiger charge is 2.16. The highest BCUT2D eigenvalue weighted by molar-refractivity contribution is 5.94. The molecule has 19 heavy (non-hydrogen) atoms. The Bertz CT molecular complexity index is 445. The van der Waals surface area contributed by atoms with Gasteiger partial charge in [0.1, 0.15) is 12.2 Å². The van der Waals surface area contributed by atoms with Crippen molar-refractivity contribution >= 4 is 11.9 Å². The average molecular weight is 265 g/mol. The van der Waals surface area contributed by atoms with Gasteiger partial charge in [-0.3, -0.25) is 9.59 Å². The minimum absolute atomic E-state index is 0.237. The van der Waals surface area contributed by atoms with E-state index in [0.717, 1.165) is 11.3 Å². The van der Waals surface area contributed by atoms with E-state index in [1.807, 2.05) is 24.3 Å². The molecule has 0 radical (unpaired) electrons. The molecule has 1 aromatic rings. The fraction of sp³-hybridized carbons (Fsp3) is 0.429. The second kappa shape index (κ2) is 7.41.